The SMILES string of the molecule is CN(CCCNC(=O)N(CCCl)ON)CN1C(=O)c2cccc3cc4c([N+](=O)[O-])cccc4c(c23)C1=O. The molecule has 0 radical (unpaired) electrons. The van der Waals surface area contributed by atoms with Gasteiger partial charge in [-0.2, -0.15) is 15.9 Å². The summed E-state index contributed by atoms with van der Waals surface area (Å²) in [6.07, 6.45) is 0.513. The van der Waals surface area contributed by atoms with Gasteiger partial charge in [-0.15, -0.1) is 11.6 Å². The predicted molar refractivity (Wildman–Crippen MR) is 137 cm³/mol. The smallest absolute Gasteiger partial charge is 0.336 e. The van der Waals surface area contributed by atoms with E-state index in [4.69, 9.17) is 17.5 Å². The fourth-order valence-electron chi connectivity index (χ4n) is 4.47. The number of hydroxylamine groups is 2. The Morgan fingerprint density at radius 1 is 1.16 bits per heavy atom. The maximum Gasteiger partial charge on any atom is 0.342 e. The van der Waals surface area contributed by atoms with E-state index >= 15 is 0 Å². The van der Waals surface area contributed by atoms with E-state index < -0.39 is 22.8 Å². The molecule has 0 spiro atoms. The zero-order valence-corrected chi connectivity index (χ0v) is 20.7. The summed E-state index contributed by atoms with van der Waals surface area (Å²) in [7, 11) is 1.75. The highest BCUT2D eigenvalue weighted by Gasteiger charge is 2.35. The van der Waals surface area contributed by atoms with Gasteiger partial charge in [-0.3, -0.25) is 29.5 Å². The van der Waals surface area contributed by atoms with Crippen molar-refractivity contribution in [3.8, 4) is 0 Å². The maximum atomic E-state index is 13.6. The molecule has 0 bridgehead atoms. The number of rotatable bonds is 10. The molecule has 13 heteroatoms. The minimum absolute atomic E-state index is 0.00294. The number of nitro groups is 1. The number of nitrogens with zero attached hydrogens (tertiary/aromatic N) is 4. The molecule has 3 N–H and O–H groups in total. The summed E-state index contributed by atoms with van der Waals surface area (Å²) in [5, 5.41) is 17.0. The van der Waals surface area contributed by atoms with Crippen LogP contribution >= 0.6 is 11.6 Å². The lowest BCUT2D eigenvalue weighted by Gasteiger charge is -2.31. The standard InChI is InChI=1S/C24H25ClN6O6/c1-28(11-4-10-27-24(34)30(37-26)12-9-25)14-29-22(32)17-7-2-5-15-13-18-16(21(20(15)17)23(29)33)6-3-8-19(18)31(35)36/h2-3,5-8,13H,4,9-12,14,26H2,1H3,(H,27,34). The van der Waals surface area contributed by atoms with Gasteiger partial charge in [0.2, 0.25) is 0 Å². The molecule has 4 rings (SSSR count). The first-order valence-corrected chi connectivity index (χ1v) is 12.0. The summed E-state index contributed by atoms with van der Waals surface area (Å²) in [5.41, 5.74) is 0.525. The minimum atomic E-state index is -0.530. The molecule has 1 aliphatic rings. The summed E-state index contributed by atoms with van der Waals surface area (Å²) in [6.45, 7) is 0.865. The highest BCUT2D eigenvalue weighted by Crippen LogP contribution is 2.38. The van der Waals surface area contributed by atoms with Crippen molar-refractivity contribution in [1.82, 2.24) is 20.2 Å². The summed E-state index contributed by atoms with van der Waals surface area (Å²) < 4.78 is 0. The molecule has 194 valence electrons. The second-order valence-electron chi connectivity index (χ2n) is 8.53. The Bertz CT molecular complexity index is 1400. The van der Waals surface area contributed by atoms with E-state index in [-0.39, 0.29) is 30.3 Å². The zero-order valence-electron chi connectivity index (χ0n) is 20.0. The lowest BCUT2D eigenvalue weighted by molar-refractivity contribution is -0.383. The van der Waals surface area contributed by atoms with Gasteiger partial charge in [-0.05, 0) is 31.0 Å². The largest absolute Gasteiger partial charge is 0.342 e. The Balaban J connectivity index is 1.54. The van der Waals surface area contributed by atoms with Gasteiger partial charge in [-0.1, -0.05) is 24.3 Å². The van der Waals surface area contributed by atoms with Crippen LogP contribution < -0.4 is 11.2 Å². The first kappa shape index (κ1) is 26.2. The van der Waals surface area contributed by atoms with Crippen LogP contribution in [0.1, 0.15) is 27.1 Å². The third-order valence-electron chi connectivity index (χ3n) is 6.15. The molecule has 1 heterocycles. The predicted octanol–water partition coefficient (Wildman–Crippen LogP) is 2.83. The summed E-state index contributed by atoms with van der Waals surface area (Å²) in [5.74, 6) is 4.26. The van der Waals surface area contributed by atoms with E-state index in [2.05, 4.69) is 10.3 Å². The number of carbonyl (C=O) groups is 3. The molecule has 0 aromatic heterocycles. The first-order chi connectivity index (χ1) is 17.8. The second-order valence-corrected chi connectivity index (χ2v) is 8.90. The van der Waals surface area contributed by atoms with Gasteiger partial charge >= 0.3 is 6.03 Å². The number of non-ortho nitro benzene ring substituents is 1. The quantitative estimate of drug-likeness (QED) is 0.102. The molecule has 0 aliphatic carbocycles. The van der Waals surface area contributed by atoms with Crippen molar-refractivity contribution >= 4 is 56.7 Å². The Kier molecular flexibility index (Phi) is 7.83. The highest BCUT2D eigenvalue weighted by atomic mass is 35.5. The van der Waals surface area contributed by atoms with Crippen LogP contribution in [0.15, 0.2) is 42.5 Å². The molecular formula is C24H25ClN6O6. The number of urea groups is 1. The number of hydrogen-bond donors (Lipinski definition) is 2. The van der Waals surface area contributed by atoms with Crippen molar-refractivity contribution in [1.29, 1.82) is 0 Å². The van der Waals surface area contributed by atoms with Crippen molar-refractivity contribution < 1.29 is 24.2 Å². The Labute approximate surface area is 216 Å². The van der Waals surface area contributed by atoms with Crippen LogP contribution in [0.5, 0.6) is 0 Å². The number of carbonyl (C=O) groups excluding carboxylic acids is 3. The summed E-state index contributed by atoms with van der Waals surface area (Å²) >= 11 is 5.60. The Morgan fingerprint density at radius 3 is 2.62 bits per heavy atom. The monoisotopic (exact) mass is 528 g/mol. The number of benzene rings is 3. The summed E-state index contributed by atoms with van der Waals surface area (Å²) in [6, 6.07) is 10.8. The van der Waals surface area contributed by atoms with Crippen LogP contribution in [-0.2, 0) is 4.94 Å². The summed E-state index contributed by atoms with van der Waals surface area (Å²) in [4.78, 5) is 57.5. The fraction of sp³-hybridized carbons (Fsp3) is 0.292. The van der Waals surface area contributed by atoms with E-state index in [0.29, 0.717) is 46.6 Å². The van der Waals surface area contributed by atoms with E-state index in [0.717, 1.165) is 9.96 Å². The van der Waals surface area contributed by atoms with Crippen molar-refractivity contribution in [2.45, 2.75) is 6.42 Å². The van der Waals surface area contributed by atoms with Gasteiger partial charge in [0.15, 0.2) is 0 Å². The maximum absolute atomic E-state index is 13.6. The molecule has 1 aliphatic heterocycles. The molecule has 0 saturated heterocycles. The average Bonchev–Trinajstić information content (AvgIpc) is 2.89. The third kappa shape index (κ3) is 5.04. The minimum Gasteiger partial charge on any atom is -0.336 e. The molecule has 3 aromatic carbocycles. The molecule has 4 amide bonds. The lowest BCUT2D eigenvalue weighted by Crippen LogP contribution is -2.47. The van der Waals surface area contributed by atoms with E-state index in [1.54, 1.807) is 42.3 Å². The number of alkyl halides is 1. The zero-order chi connectivity index (χ0) is 26.7. The van der Waals surface area contributed by atoms with Crippen molar-refractivity contribution in [3.05, 3.63) is 63.7 Å². The molecule has 3 aromatic rings. The number of halogens is 1. The van der Waals surface area contributed by atoms with Crippen LogP contribution in [0.25, 0.3) is 21.5 Å². The molecule has 37 heavy (non-hydrogen) atoms. The Morgan fingerprint density at radius 2 is 1.92 bits per heavy atom. The molecular weight excluding hydrogens is 504 g/mol. The number of imide groups is 1. The van der Waals surface area contributed by atoms with Crippen molar-refractivity contribution in [3.63, 3.8) is 0 Å². The van der Waals surface area contributed by atoms with E-state index in [1.165, 1.54) is 12.1 Å². The first-order valence-electron chi connectivity index (χ1n) is 11.4. The van der Waals surface area contributed by atoms with Gasteiger partial charge in [0.1, 0.15) is 0 Å². The van der Waals surface area contributed by atoms with Crippen LogP contribution in [0, 0.1) is 10.1 Å². The lowest BCUT2D eigenvalue weighted by atomic mass is 9.89. The molecule has 0 fully saturated rings. The third-order valence-corrected chi connectivity index (χ3v) is 6.32. The highest BCUT2D eigenvalue weighted by molar-refractivity contribution is 6.30. The van der Waals surface area contributed by atoms with Crippen LogP contribution in [0.4, 0.5) is 10.5 Å². The number of nitrogens with two attached hydrogens (primary N) is 1. The molecule has 12 nitrogen and oxygen atoms in total. The van der Waals surface area contributed by atoms with E-state index in [1.807, 2.05) is 0 Å². The number of nitro benzene ring substituents is 1. The number of hydrogen-bond acceptors (Lipinski definition) is 8. The molecule has 0 saturated carbocycles. The van der Waals surface area contributed by atoms with Gasteiger partial charge < -0.3 is 5.32 Å². The van der Waals surface area contributed by atoms with Crippen molar-refractivity contribution in [2.24, 2.45) is 5.90 Å². The van der Waals surface area contributed by atoms with Gasteiger partial charge in [0.05, 0.1) is 29.1 Å². The van der Waals surface area contributed by atoms with Gasteiger partial charge in [0, 0.05) is 41.4 Å². The van der Waals surface area contributed by atoms with Gasteiger partial charge in [-0.25, -0.2) is 4.79 Å². The van der Waals surface area contributed by atoms with E-state index in [9.17, 15) is 24.5 Å². The topological polar surface area (TPSA) is 151 Å². The van der Waals surface area contributed by atoms with Crippen LogP contribution in [-0.4, -0.2) is 76.9 Å². The van der Waals surface area contributed by atoms with Crippen LogP contribution in [0.2, 0.25) is 0 Å². The number of nitrogens with one attached hydrogen (secondary N) is 1. The number of fused-ring (bicyclic) bond motifs is 2. The van der Waals surface area contributed by atoms with Gasteiger partial charge in [0.25, 0.3) is 17.5 Å². The Hall–Kier alpha value is -3.84. The van der Waals surface area contributed by atoms with Crippen LogP contribution in [0.3, 0.4) is 0 Å². The average molecular weight is 529 g/mol. The molecule has 0 unspecified atom stereocenters. The van der Waals surface area contributed by atoms with Crippen molar-refractivity contribution in [2.75, 3.05) is 39.2 Å². The molecule has 0 atom stereocenters. The fourth-order valence-corrected chi connectivity index (χ4v) is 4.62. The number of amides is 4. The normalized spacial score (nSPS) is 13.0. The second kappa shape index (κ2) is 11.0.